The Morgan fingerprint density at radius 2 is 2.05 bits per heavy atom. The molecular weight excluding hydrogens is 358 g/mol. The van der Waals surface area contributed by atoms with E-state index < -0.39 is 5.54 Å². The van der Waals surface area contributed by atoms with Gasteiger partial charge in [0.25, 0.3) is 5.91 Å². The molecule has 0 aliphatic heterocycles. The summed E-state index contributed by atoms with van der Waals surface area (Å²) in [7, 11) is 0. The van der Waals surface area contributed by atoms with Gasteiger partial charge in [0.05, 0.1) is 10.6 Å². The summed E-state index contributed by atoms with van der Waals surface area (Å²) < 4.78 is 0. The highest BCUT2D eigenvalue weighted by Crippen LogP contribution is 2.29. The van der Waals surface area contributed by atoms with Crippen LogP contribution >= 0.6 is 38.9 Å². The number of amides is 1. The summed E-state index contributed by atoms with van der Waals surface area (Å²) in [4.78, 5) is 13.0. The predicted molar refractivity (Wildman–Crippen MR) is 89.1 cm³/mol. The van der Waals surface area contributed by atoms with Crippen LogP contribution in [0.5, 0.6) is 0 Å². The molecule has 1 aromatic carbocycles. The van der Waals surface area contributed by atoms with Crippen LogP contribution in [0, 0.1) is 6.92 Å². The van der Waals surface area contributed by atoms with E-state index in [-0.39, 0.29) is 5.91 Å². The van der Waals surface area contributed by atoms with Gasteiger partial charge in [-0.1, -0.05) is 57.9 Å². The topological polar surface area (TPSA) is 29.1 Å². The van der Waals surface area contributed by atoms with Gasteiger partial charge in [0, 0.05) is 5.33 Å². The average Bonchev–Trinajstić information content (AvgIpc) is 2.80. The number of hydrogen-bond donors (Lipinski definition) is 1. The molecule has 0 saturated heterocycles. The number of hydrogen-bond acceptors (Lipinski definition) is 2. The van der Waals surface area contributed by atoms with E-state index in [0.29, 0.717) is 15.2 Å². The Bertz CT molecular complexity index is 614. The Hall–Kier alpha value is -0.840. The molecule has 1 amide bonds. The van der Waals surface area contributed by atoms with Crippen LogP contribution in [0.3, 0.4) is 0 Å². The normalized spacial score (nSPS) is 13.8. The highest BCUT2D eigenvalue weighted by atomic mass is 79.9. The molecule has 5 heteroatoms. The maximum Gasteiger partial charge on any atom is 0.263 e. The maximum atomic E-state index is 12.4. The highest BCUT2D eigenvalue weighted by Gasteiger charge is 2.29. The van der Waals surface area contributed by atoms with Crippen LogP contribution in [0.4, 0.5) is 0 Å². The summed E-state index contributed by atoms with van der Waals surface area (Å²) in [6, 6.07) is 9.89. The minimum atomic E-state index is -0.473. The van der Waals surface area contributed by atoms with Crippen molar-refractivity contribution in [3.8, 4) is 0 Å². The molecule has 1 atom stereocenters. The van der Waals surface area contributed by atoms with Crippen molar-refractivity contribution in [2.75, 3.05) is 5.33 Å². The largest absolute Gasteiger partial charge is 0.341 e. The zero-order valence-electron chi connectivity index (χ0n) is 11.2. The second kappa shape index (κ2) is 6.29. The molecule has 0 bridgehead atoms. The second-order valence-electron chi connectivity index (χ2n) is 4.85. The van der Waals surface area contributed by atoms with Crippen molar-refractivity contribution >= 4 is 44.8 Å². The zero-order valence-corrected chi connectivity index (χ0v) is 14.4. The summed E-state index contributed by atoms with van der Waals surface area (Å²) >= 11 is 11.0. The van der Waals surface area contributed by atoms with Crippen LogP contribution in [0.1, 0.15) is 27.7 Å². The quantitative estimate of drug-likeness (QED) is 0.771. The van der Waals surface area contributed by atoms with Crippen molar-refractivity contribution in [3.05, 3.63) is 56.7 Å². The molecule has 106 valence electrons. The van der Waals surface area contributed by atoms with Gasteiger partial charge < -0.3 is 5.32 Å². The lowest BCUT2D eigenvalue weighted by molar-refractivity contribution is 0.0918. The molecule has 0 spiro atoms. The molecule has 0 fully saturated rings. The van der Waals surface area contributed by atoms with Crippen LogP contribution < -0.4 is 5.32 Å². The molecule has 2 nitrogen and oxygen atoms in total. The Morgan fingerprint density at radius 3 is 2.55 bits per heavy atom. The van der Waals surface area contributed by atoms with Crippen LogP contribution in [0.25, 0.3) is 0 Å². The van der Waals surface area contributed by atoms with Crippen molar-refractivity contribution in [1.82, 2.24) is 5.32 Å². The van der Waals surface area contributed by atoms with Gasteiger partial charge in [0.15, 0.2) is 0 Å². The van der Waals surface area contributed by atoms with E-state index in [1.54, 1.807) is 0 Å². The molecule has 0 aliphatic rings. The zero-order chi connectivity index (χ0) is 14.8. The van der Waals surface area contributed by atoms with E-state index in [1.165, 1.54) is 11.3 Å². The lowest BCUT2D eigenvalue weighted by atomic mass is 9.94. The van der Waals surface area contributed by atoms with Gasteiger partial charge in [-0.15, -0.1) is 11.3 Å². The van der Waals surface area contributed by atoms with Gasteiger partial charge >= 0.3 is 0 Å². The monoisotopic (exact) mass is 371 g/mol. The summed E-state index contributed by atoms with van der Waals surface area (Å²) in [5.74, 6) is -0.140. The molecule has 0 aliphatic carbocycles. The molecule has 20 heavy (non-hydrogen) atoms. The molecule has 0 radical (unpaired) electrons. The number of rotatable bonds is 4. The number of carbonyl (C=O) groups is 1. The van der Waals surface area contributed by atoms with E-state index in [2.05, 4.69) is 21.2 Å². The minimum Gasteiger partial charge on any atom is -0.341 e. The first-order chi connectivity index (χ1) is 9.48. The molecule has 1 unspecified atom stereocenters. The van der Waals surface area contributed by atoms with Crippen LogP contribution in [-0.4, -0.2) is 11.2 Å². The summed E-state index contributed by atoms with van der Waals surface area (Å²) in [6.07, 6.45) is 0. The predicted octanol–water partition coefficient (Wildman–Crippen LogP) is 4.75. The van der Waals surface area contributed by atoms with E-state index in [1.807, 2.05) is 49.6 Å². The Balaban J connectivity index is 2.27. The minimum absolute atomic E-state index is 0.140. The van der Waals surface area contributed by atoms with Gasteiger partial charge in [-0.05, 0) is 30.4 Å². The van der Waals surface area contributed by atoms with Crippen LogP contribution in [0.15, 0.2) is 35.7 Å². The molecule has 1 aromatic heterocycles. The second-order valence-corrected chi connectivity index (χ2v) is 6.67. The van der Waals surface area contributed by atoms with E-state index in [0.717, 1.165) is 11.1 Å². The SMILES string of the molecule is Cc1csc(C(=O)NC(C)(CBr)c2ccccc2)c1Cl. The molecular formula is C15H15BrClNOS. The van der Waals surface area contributed by atoms with Gasteiger partial charge in [-0.3, -0.25) is 4.79 Å². The van der Waals surface area contributed by atoms with Crippen molar-refractivity contribution in [1.29, 1.82) is 0 Å². The first-order valence-electron chi connectivity index (χ1n) is 6.15. The highest BCUT2D eigenvalue weighted by molar-refractivity contribution is 9.09. The van der Waals surface area contributed by atoms with Gasteiger partial charge in [0.2, 0.25) is 0 Å². The summed E-state index contributed by atoms with van der Waals surface area (Å²) in [6.45, 7) is 3.89. The van der Waals surface area contributed by atoms with Crippen LogP contribution in [0.2, 0.25) is 5.02 Å². The first kappa shape index (κ1) is 15.5. The summed E-state index contributed by atoms with van der Waals surface area (Å²) in [5, 5.41) is 6.13. The lowest BCUT2D eigenvalue weighted by Gasteiger charge is -2.29. The molecule has 2 aromatic rings. The Labute approximate surface area is 136 Å². The lowest BCUT2D eigenvalue weighted by Crippen LogP contribution is -2.44. The number of alkyl halides is 1. The van der Waals surface area contributed by atoms with Crippen LogP contribution in [-0.2, 0) is 5.54 Å². The molecule has 2 rings (SSSR count). The fraction of sp³-hybridized carbons (Fsp3) is 0.267. The van der Waals surface area contributed by atoms with Crippen molar-refractivity contribution in [2.45, 2.75) is 19.4 Å². The fourth-order valence-electron chi connectivity index (χ4n) is 1.88. The molecule has 1 N–H and O–H groups in total. The number of nitrogens with one attached hydrogen (secondary N) is 1. The third-order valence-corrected chi connectivity index (χ3v) is 5.99. The number of benzene rings is 1. The number of aryl methyl sites for hydroxylation is 1. The van der Waals surface area contributed by atoms with E-state index in [4.69, 9.17) is 11.6 Å². The smallest absolute Gasteiger partial charge is 0.263 e. The third kappa shape index (κ3) is 3.08. The third-order valence-electron chi connectivity index (χ3n) is 3.17. The van der Waals surface area contributed by atoms with Gasteiger partial charge in [-0.25, -0.2) is 0 Å². The first-order valence-corrected chi connectivity index (χ1v) is 8.53. The Morgan fingerprint density at radius 1 is 1.40 bits per heavy atom. The molecule has 0 saturated carbocycles. The Kier molecular flexibility index (Phi) is 4.89. The summed E-state index contributed by atoms with van der Waals surface area (Å²) in [5.41, 5.74) is 1.51. The van der Waals surface area contributed by atoms with Gasteiger partial charge in [-0.2, -0.15) is 0 Å². The maximum absolute atomic E-state index is 12.4. The van der Waals surface area contributed by atoms with Crippen molar-refractivity contribution in [2.24, 2.45) is 0 Å². The van der Waals surface area contributed by atoms with E-state index >= 15 is 0 Å². The number of halogens is 2. The van der Waals surface area contributed by atoms with E-state index in [9.17, 15) is 4.79 Å². The van der Waals surface area contributed by atoms with Gasteiger partial charge in [0.1, 0.15) is 4.88 Å². The fourth-order valence-corrected chi connectivity index (χ4v) is 3.52. The van der Waals surface area contributed by atoms with Crippen molar-refractivity contribution < 1.29 is 4.79 Å². The molecule has 1 heterocycles. The standard InChI is InChI=1S/C15H15BrClNOS/c1-10-8-20-13(12(10)17)14(19)18-15(2,9-16)11-6-4-3-5-7-11/h3-8H,9H2,1-2H3,(H,18,19). The number of thiophene rings is 1. The van der Waals surface area contributed by atoms with Crippen molar-refractivity contribution in [3.63, 3.8) is 0 Å². The average molecular weight is 373 g/mol. The number of carbonyl (C=O) groups excluding carboxylic acids is 1.